The van der Waals surface area contributed by atoms with Crippen LogP contribution in [0.2, 0.25) is 0 Å². The Hall–Kier alpha value is -2.32. The number of ether oxygens (including phenoxy) is 1. The first-order chi connectivity index (χ1) is 13.0. The fraction of sp³-hybridized carbons (Fsp3) is 0.368. The summed E-state index contributed by atoms with van der Waals surface area (Å²) in [5.41, 5.74) is 5.80. The van der Waals surface area contributed by atoms with Gasteiger partial charge in [0.15, 0.2) is 5.76 Å². The molecule has 1 aromatic carbocycles. The number of hydrogen-bond donors (Lipinski definition) is 2. The molecular formula is C19H23BrN4O3. The van der Waals surface area contributed by atoms with E-state index in [4.69, 9.17) is 9.15 Å². The van der Waals surface area contributed by atoms with Crippen molar-refractivity contribution < 1.29 is 13.9 Å². The number of morpholine rings is 1. The summed E-state index contributed by atoms with van der Waals surface area (Å²) in [6.45, 7) is 7.16. The Balaban J connectivity index is 1.49. The summed E-state index contributed by atoms with van der Waals surface area (Å²) < 4.78 is 12.0. The SMILES string of the molecule is Cc1ccc(NCC(=O)N/N=C\c2cc(Br)c(N3CCOCC3)o2)cc1C. The highest BCUT2D eigenvalue weighted by Crippen LogP contribution is 2.30. The molecule has 27 heavy (non-hydrogen) atoms. The van der Waals surface area contributed by atoms with Crippen molar-refractivity contribution in [2.45, 2.75) is 13.8 Å². The normalized spacial score (nSPS) is 14.6. The lowest BCUT2D eigenvalue weighted by Gasteiger charge is -2.26. The van der Waals surface area contributed by atoms with E-state index in [-0.39, 0.29) is 12.5 Å². The molecule has 1 saturated heterocycles. The minimum absolute atomic E-state index is 0.140. The van der Waals surface area contributed by atoms with E-state index in [2.05, 4.69) is 43.6 Å². The Kier molecular flexibility index (Phi) is 6.52. The Morgan fingerprint density at radius 1 is 1.26 bits per heavy atom. The quantitative estimate of drug-likeness (QED) is 0.539. The van der Waals surface area contributed by atoms with Crippen LogP contribution in [0.3, 0.4) is 0 Å². The molecule has 0 bridgehead atoms. The number of hydrogen-bond acceptors (Lipinski definition) is 6. The fourth-order valence-electron chi connectivity index (χ4n) is 2.66. The summed E-state index contributed by atoms with van der Waals surface area (Å²) in [6, 6.07) is 7.81. The maximum absolute atomic E-state index is 11.9. The monoisotopic (exact) mass is 434 g/mol. The van der Waals surface area contributed by atoms with Crippen molar-refractivity contribution in [2.24, 2.45) is 5.10 Å². The van der Waals surface area contributed by atoms with E-state index in [0.717, 1.165) is 29.1 Å². The average molecular weight is 435 g/mol. The van der Waals surface area contributed by atoms with Crippen molar-refractivity contribution in [3.63, 3.8) is 0 Å². The van der Waals surface area contributed by atoms with Gasteiger partial charge in [-0.05, 0) is 53.0 Å². The summed E-state index contributed by atoms with van der Waals surface area (Å²) in [5.74, 6) is 1.08. The van der Waals surface area contributed by atoms with Gasteiger partial charge in [0.1, 0.15) is 0 Å². The van der Waals surface area contributed by atoms with E-state index in [9.17, 15) is 4.79 Å². The standard InChI is InChI=1S/C19H23BrN4O3/c1-13-3-4-15(9-14(13)2)21-12-18(25)23-22-11-16-10-17(20)19(27-16)24-5-7-26-8-6-24/h3-4,9-11,21H,5-8,12H2,1-2H3,(H,23,25)/b22-11-. The molecule has 0 aliphatic carbocycles. The van der Waals surface area contributed by atoms with Gasteiger partial charge in [0.2, 0.25) is 5.88 Å². The molecule has 0 saturated carbocycles. The maximum Gasteiger partial charge on any atom is 0.259 e. The Morgan fingerprint density at radius 3 is 2.78 bits per heavy atom. The van der Waals surface area contributed by atoms with Gasteiger partial charge in [-0.1, -0.05) is 6.07 Å². The third kappa shape index (κ3) is 5.33. The Labute approximate surface area is 166 Å². The molecule has 144 valence electrons. The summed E-state index contributed by atoms with van der Waals surface area (Å²) in [6.07, 6.45) is 1.49. The number of hydrazone groups is 1. The van der Waals surface area contributed by atoms with Crippen molar-refractivity contribution in [1.29, 1.82) is 0 Å². The highest BCUT2D eigenvalue weighted by molar-refractivity contribution is 9.10. The number of anilines is 2. The van der Waals surface area contributed by atoms with Gasteiger partial charge in [-0.15, -0.1) is 0 Å². The van der Waals surface area contributed by atoms with Crippen LogP contribution in [0.25, 0.3) is 0 Å². The Morgan fingerprint density at radius 2 is 2.04 bits per heavy atom. The third-order valence-corrected chi connectivity index (χ3v) is 4.90. The third-order valence-electron chi connectivity index (χ3n) is 4.33. The first-order valence-electron chi connectivity index (χ1n) is 8.78. The lowest BCUT2D eigenvalue weighted by atomic mass is 10.1. The summed E-state index contributed by atoms with van der Waals surface area (Å²) in [5, 5.41) is 7.04. The van der Waals surface area contributed by atoms with Gasteiger partial charge in [0.05, 0.1) is 30.4 Å². The zero-order valence-corrected chi connectivity index (χ0v) is 17.0. The molecule has 8 heteroatoms. The van der Waals surface area contributed by atoms with Crippen LogP contribution in [0.15, 0.2) is 38.3 Å². The van der Waals surface area contributed by atoms with E-state index < -0.39 is 0 Å². The number of carbonyl (C=O) groups is 1. The number of rotatable bonds is 6. The van der Waals surface area contributed by atoms with Gasteiger partial charge in [0, 0.05) is 24.8 Å². The van der Waals surface area contributed by atoms with Crippen molar-refractivity contribution in [1.82, 2.24) is 5.43 Å². The molecular weight excluding hydrogens is 412 g/mol. The summed E-state index contributed by atoms with van der Waals surface area (Å²) >= 11 is 3.50. The number of benzene rings is 1. The number of nitrogens with one attached hydrogen (secondary N) is 2. The highest BCUT2D eigenvalue weighted by atomic mass is 79.9. The summed E-state index contributed by atoms with van der Waals surface area (Å²) in [4.78, 5) is 14.0. The zero-order valence-electron chi connectivity index (χ0n) is 15.4. The first kappa shape index (κ1) is 19.4. The minimum atomic E-state index is -0.233. The van der Waals surface area contributed by atoms with Crippen LogP contribution < -0.4 is 15.6 Å². The number of carbonyl (C=O) groups excluding carboxylic acids is 1. The van der Waals surface area contributed by atoms with E-state index in [1.54, 1.807) is 0 Å². The smallest absolute Gasteiger partial charge is 0.259 e. The lowest BCUT2D eigenvalue weighted by molar-refractivity contribution is -0.119. The van der Waals surface area contributed by atoms with Crippen molar-refractivity contribution >= 4 is 39.6 Å². The van der Waals surface area contributed by atoms with Crippen LogP contribution in [0.4, 0.5) is 11.6 Å². The van der Waals surface area contributed by atoms with Crippen LogP contribution in [0.1, 0.15) is 16.9 Å². The van der Waals surface area contributed by atoms with Gasteiger partial charge in [-0.2, -0.15) is 5.10 Å². The number of nitrogens with zero attached hydrogens (tertiary/aromatic N) is 2. The first-order valence-corrected chi connectivity index (χ1v) is 9.57. The van der Waals surface area contributed by atoms with Gasteiger partial charge >= 0.3 is 0 Å². The van der Waals surface area contributed by atoms with E-state index in [0.29, 0.717) is 19.0 Å². The molecule has 1 fully saturated rings. The van der Waals surface area contributed by atoms with E-state index in [1.165, 1.54) is 17.3 Å². The van der Waals surface area contributed by atoms with Crippen molar-refractivity contribution in [2.75, 3.05) is 43.1 Å². The molecule has 0 atom stereocenters. The molecule has 1 amide bonds. The second kappa shape index (κ2) is 9.05. The molecule has 2 N–H and O–H groups in total. The molecule has 2 aromatic rings. The second-order valence-corrected chi connectivity index (χ2v) is 7.20. The Bertz CT molecular complexity index is 828. The predicted octanol–water partition coefficient (Wildman–Crippen LogP) is 3.06. The molecule has 0 unspecified atom stereocenters. The molecule has 1 aliphatic heterocycles. The fourth-order valence-corrected chi connectivity index (χ4v) is 3.22. The lowest BCUT2D eigenvalue weighted by Crippen LogP contribution is -2.36. The van der Waals surface area contributed by atoms with Gasteiger partial charge in [-0.25, -0.2) is 5.43 Å². The van der Waals surface area contributed by atoms with Crippen LogP contribution in [-0.2, 0) is 9.53 Å². The number of aryl methyl sites for hydroxylation is 2. The van der Waals surface area contributed by atoms with Crippen LogP contribution in [0.5, 0.6) is 0 Å². The van der Waals surface area contributed by atoms with Crippen molar-refractivity contribution in [3.05, 3.63) is 45.6 Å². The van der Waals surface area contributed by atoms with Gasteiger partial charge in [0.25, 0.3) is 5.91 Å². The summed E-state index contributed by atoms with van der Waals surface area (Å²) in [7, 11) is 0. The minimum Gasteiger partial charge on any atom is -0.438 e. The maximum atomic E-state index is 11.9. The van der Waals surface area contributed by atoms with Crippen LogP contribution >= 0.6 is 15.9 Å². The molecule has 7 nitrogen and oxygen atoms in total. The number of amides is 1. The molecule has 1 aliphatic rings. The van der Waals surface area contributed by atoms with E-state index >= 15 is 0 Å². The highest BCUT2D eigenvalue weighted by Gasteiger charge is 2.18. The predicted molar refractivity (Wildman–Crippen MR) is 110 cm³/mol. The molecule has 2 heterocycles. The molecule has 0 radical (unpaired) electrons. The zero-order chi connectivity index (χ0) is 19.2. The van der Waals surface area contributed by atoms with E-state index in [1.807, 2.05) is 31.2 Å². The van der Waals surface area contributed by atoms with Gasteiger partial charge < -0.3 is 19.4 Å². The van der Waals surface area contributed by atoms with Crippen LogP contribution in [-0.4, -0.2) is 45.0 Å². The number of halogens is 1. The largest absolute Gasteiger partial charge is 0.438 e. The average Bonchev–Trinajstić information content (AvgIpc) is 3.04. The molecule has 0 spiro atoms. The topological polar surface area (TPSA) is 79.1 Å². The molecule has 1 aromatic heterocycles. The second-order valence-electron chi connectivity index (χ2n) is 6.35. The molecule has 3 rings (SSSR count). The van der Waals surface area contributed by atoms with Crippen LogP contribution in [0, 0.1) is 13.8 Å². The van der Waals surface area contributed by atoms with Crippen molar-refractivity contribution in [3.8, 4) is 0 Å². The van der Waals surface area contributed by atoms with Gasteiger partial charge in [-0.3, -0.25) is 4.79 Å². The number of furan rings is 1.